The number of pyridine rings is 1. The molecule has 0 fully saturated rings. The van der Waals surface area contributed by atoms with Crippen LogP contribution in [-0.2, 0) is 6.42 Å². The van der Waals surface area contributed by atoms with Crippen LogP contribution in [0.4, 0.5) is 5.69 Å². The first-order chi connectivity index (χ1) is 8.36. The van der Waals surface area contributed by atoms with Crippen LogP contribution in [-0.4, -0.2) is 18.6 Å². The van der Waals surface area contributed by atoms with Gasteiger partial charge in [-0.15, -0.1) is 0 Å². The number of nitrogens with one attached hydrogen (secondary N) is 1. The van der Waals surface area contributed by atoms with E-state index in [1.807, 2.05) is 12.4 Å². The van der Waals surface area contributed by atoms with Crippen LogP contribution < -0.4 is 10.4 Å². The SMILES string of the molecule is CN1NCCc2c(-c3ccncc3)cccc21. The maximum atomic E-state index is 4.08. The molecule has 2 heterocycles. The second-order valence-corrected chi connectivity index (χ2v) is 4.26. The van der Waals surface area contributed by atoms with Crippen molar-refractivity contribution in [3.05, 3.63) is 48.3 Å². The van der Waals surface area contributed by atoms with Crippen molar-refractivity contribution in [1.29, 1.82) is 0 Å². The molecule has 0 bridgehead atoms. The highest BCUT2D eigenvalue weighted by atomic mass is 15.5. The minimum absolute atomic E-state index is 0.992. The molecular weight excluding hydrogens is 210 g/mol. The van der Waals surface area contributed by atoms with Crippen molar-refractivity contribution in [2.45, 2.75) is 6.42 Å². The molecule has 86 valence electrons. The molecule has 3 nitrogen and oxygen atoms in total. The predicted molar refractivity (Wildman–Crippen MR) is 69.8 cm³/mol. The molecule has 0 spiro atoms. The molecule has 17 heavy (non-hydrogen) atoms. The number of aromatic nitrogens is 1. The molecule has 0 amide bonds. The molecular formula is C14H15N3. The van der Waals surface area contributed by atoms with Gasteiger partial charge in [-0.05, 0) is 41.3 Å². The van der Waals surface area contributed by atoms with Crippen LogP contribution in [0, 0.1) is 0 Å². The average molecular weight is 225 g/mol. The molecule has 0 radical (unpaired) electrons. The molecule has 0 atom stereocenters. The molecule has 1 aliphatic heterocycles. The van der Waals surface area contributed by atoms with Crippen molar-refractivity contribution in [2.24, 2.45) is 0 Å². The van der Waals surface area contributed by atoms with Gasteiger partial charge in [0.05, 0.1) is 5.69 Å². The number of rotatable bonds is 1. The minimum atomic E-state index is 0.992. The van der Waals surface area contributed by atoms with Gasteiger partial charge in [-0.1, -0.05) is 12.1 Å². The first kappa shape index (κ1) is 10.3. The normalized spacial score (nSPS) is 14.5. The van der Waals surface area contributed by atoms with Gasteiger partial charge in [-0.25, -0.2) is 5.43 Å². The lowest BCUT2D eigenvalue weighted by molar-refractivity contribution is 0.642. The van der Waals surface area contributed by atoms with E-state index in [2.05, 4.69) is 52.8 Å². The van der Waals surface area contributed by atoms with Crippen molar-refractivity contribution in [3.8, 4) is 11.1 Å². The quantitative estimate of drug-likeness (QED) is 0.806. The Labute approximate surface area is 101 Å². The standard InChI is InChI=1S/C14H15N3/c1-17-14-4-2-3-12(13(14)7-10-16-17)11-5-8-15-9-6-11/h2-6,8-9,16H,7,10H2,1H3. The van der Waals surface area contributed by atoms with Gasteiger partial charge in [0.15, 0.2) is 0 Å². The molecule has 1 aromatic heterocycles. The van der Waals surface area contributed by atoms with E-state index in [1.54, 1.807) is 0 Å². The zero-order valence-corrected chi connectivity index (χ0v) is 9.85. The number of benzene rings is 1. The molecule has 1 aliphatic rings. The number of hydrazine groups is 1. The lowest BCUT2D eigenvalue weighted by atomic mass is 9.95. The Morgan fingerprint density at radius 3 is 2.82 bits per heavy atom. The maximum absolute atomic E-state index is 4.08. The Bertz CT molecular complexity index is 522. The summed E-state index contributed by atoms with van der Waals surface area (Å²) in [6.45, 7) is 0.992. The Balaban J connectivity index is 2.16. The van der Waals surface area contributed by atoms with Crippen LogP contribution in [0.2, 0.25) is 0 Å². The molecule has 3 rings (SSSR count). The largest absolute Gasteiger partial charge is 0.311 e. The summed E-state index contributed by atoms with van der Waals surface area (Å²) < 4.78 is 0. The number of fused-ring (bicyclic) bond motifs is 1. The highest BCUT2D eigenvalue weighted by Gasteiger charge is 2.16. The van der Waals surface area contributed by atoms with Gasteiger partial charge in [-0.3, -0.25) is 4.98 Å². The summed E-state index contributed by atoms with van der Waals surface area (Å²) in [4.78, 5) is 4.08. The van der Waals surface area contributed by atoms with Gasteiger partial charge in [0.1, 0.15) is 0 Å². The summed E-state index contributed by atoms with van der Waals surface area (Å²) in [7, 11) is 2.06. The van der Waals surface area contributed by atoms with E-state index in [9.17, 15) is 0 Å². The third-order valence-electron chi connectivity index (χ3n) is 3.23. The molecule has 0 saturated heterocycles. The monoisotopic (exact) mass is 225 g/mol. The number of nitrogens with zero attached hydrogens (tertiary/aromatic N) is 2. The number of hydrogen-bond acceptors (Lipinski definition) is 3. The Morgan fingerprint density at radius 2 is 2.00 bits per heavy atom. The zero-order valence-electron chi connectivity index (χ0n) is 9.85. The van der Waals surface area contributed by atoms with E-state index < -0.39 is 0 Å². The second kappa shape index (κ2) is 4.18. The summed E-state index contributed by atoms with van der Waals surface area (Å²) in [6, 6.07) is 10.6. The van der Waals surface area contributed by atoms with E-state index in [0.29, 0.717) is 0 Å². The van der Waals surface area contributed by atoms with Crippen LogP contribution in [0.1, 0.15) is 5.56 Å². The fourth-order valence-electron chi connectivity index (χ4n) is 2.39. The van der Waals surface area contributed by atoms with Crippen molar-refractivity contribution >= 4 is 5.69 Å². The Morgan fingerprint density at radius 1 is 1.18 bits per heavy atom. The fraction of sp³-hybridized carbons (Fsp3) is 0.214. The first-order valence-electron chi connectivity index (χ1n) is 5.86. The van der Waals surface area contributed by atoms with Crippen molar-refractivity contribution in [3.63, 3.8) is 0 Å². The summed E-state index contributed by atoms with van der Waals surface area (Å²) in [6.07, 6.45) is 4.76. The molecule has 1 aromatic carbocycles. The van der Waals surface area contributed by atoms with E-state index in [4.69, 9.17) is 0 Å². The van der Waals surface area contributed by atoms with Gasteiger partial charge in [0.2, 0.25) is 0 Å². The summed E-state index contributed by atoms with van der Waals surface area (Å²) in [5, 5.41) is 2.10. The Hall–Kier alpha value is -1.87. The molecule has 0 aliphatic carbocycles. The topological polar surface area (TPSA) is 28.2 Å². The van der Waals surface area contributed by atoms with Crippen LogP contribution in [0.15, 0.2) is 42.7 Å². The van der Waals surface area contributed by atoms with Gasteiger partial charge >= 0.3 is 0 Å². The zero-order chi connectivity index (χ0) is 11.7. The molecule has 3 heteroatoms. The van der Waals surface area contributed by atoms with Gasteiger partial charge in [0, 0.05) is 26.0 Å². The van der Waals surface area contributed by atoms with E-state index in [0.717, 1.165) is 13.0 Å². The van der Waals surface area contributed by atoms with Crippen LogP contribution in [0.25, 0.3) is 11.1 Å². The molecule has 0 saturated carbocycles. The maximum Gasteiger partial charge on any atom is 0.0555 e. The number of anilines is 1. The summed E-state index contributed by atoms with van der Waals surface area (Å²) >= 11 is 0. The van der Waals surface area contributed by atoms with Crippen LogP contribution in [0.5, 0.6) is 0 Å². The van der Waals surface area contributed by atoms with E-state index in [1.165, 1.54) is 22.4 Å². The lowest BCUT2D eigenvalue weighted by Crippen LogP contribution is -2.40. The van der Waals surface area contributed by atoms with Gasteiger partial charge < -0.3 is 5.01 Å². The fourth-order valence-corrected chi connectivity index (χ4v) is 2.39. The van der Waals surface area contributed by atoms with E-state index in [-0.39, 0.29) is 0 Å². The third kappa shape index (κ3) is 1.78. The van der Waals surface area contributed by atoms with Crippen LogP contribution in [0.3, 0.4) is 0 Å². The average Bonchev–Trinajstić information content (AvgIpc) is 2.40. The third-order valence-corrected chi connectivity index (χ3v) is 3.23. The highest BCUT2D eigenvalue weighted by molar-refractivity contribution is 5.74. The summed E-state index contributed by atoms with van der Waals surface area (Å²) in [5.74, 6) is 0. The van der Waals surface area contributed by atoms with E-state index >= 15 is 0 Å². The van der Waals surface area contributed by atoms with Crippen molar-refractivity contribution < 1.29 is 0 Å². The summed E-state index contributed by atoms with van der Waals surface area (Å²) in [5.41, 5.74) is 8.58. The molecule has 0 unspecified atom stereocenters. The number of hydrogen-bond donors (Lipinski definition) is 1. The molecule has 2 aromatic rings. The van der Waals surface area contributed by atoms with Crippen molar-refractivity contribution in [1.82, 2.24) is 10.4 Å². The predicted octanol–water partition coefficient (Wildman–Crippen LogP) is 2.25. The Kier molecular flexibility index (Phi) is 2.53. The minimum Gasteiger partial charge on any atom is -0.311 e. The van der Waals surface area contributed by atoms with Gasteiger partial charge in [0.25, 0.3) is 0 Å². The lowest BCUT2D eigenvalue weighted by Gasteiger charge is -2.30. The van der Waals surface area contributed by atoms with Crippen molar-refractivity contribution in [2.75, 3.05) is 18.6 Å². The van der Waals surface area contributed by atoms with Gasteiger partial charge in [-0.2, -0.15) is 0 Å². The van der Waals surface area contributed by atoms with Crippen LogP contribution >= 0.6 is 0 Å². The highest BCUT2D eigenvalue weighted by Crippen LogP contribution is 2.32. The molecule has 1 N–H and O–H groups in total. The first-order valence-corrected chi connectivity index (χ1v) is 5.86. The second-order valence-electron chi connectivity index (χ2n) is 4.26. The smallest absolute Gasteiger partial charge is 0.0555 e.